The van der Waals surface area contributed by atoms with Crippen LogP contribution in [0, 0.1) is 0 Å². The maximum atomic E-state index is 13.4. The van der Waals surface area contributed by atoms with E-state index in [2.05, 4.69) is 20.3 Å². The maximum absolute atomic E-state index is 13.4. The number of benzene rings is 2. The van der Waals surface area contributed by atoms with E-state index in [1.165, 1.54) is 43.1 Å². The molecule has 62 heavy (non-hydrogen) atoms. The second kappa shape index (κ2) is 16.2. The van der Waals surface area contributed by atoms with Crippen molar-refractivity contribution in [3.05, 3.63) is 81.5 Å². The summed E-state index contributed by atoms with van der Waals surface area (Å²) >= 11 is 2.41. The fourth-order valence-electron chi connectivity index (χ4n) is 6.51. The van der Waals surface area contributed by atoms with Gasteiger partial charge in [-0.15, -0.1) is 22.7 Å². The molecule has 0 radical (unpaired) electrons. The van der Waals surface area contributed by atoms with E-state index in [0.717, 1.165) is 48.5 Å². The number of methoxy groups -OCH3 is 2. The molecule has 320 valence electrons. The van der Waals surface area contributed by atoms with Crippen LogP contribution < -0.4 is 0 Å². The van der Waals surface area contributed by atoms with Crippen LogP contribution in [-0.4, -0.2) is 90.6 Å². The molecule has 8 aromatic rings. The predicted molar refractivity (Wildman–Crippen MR) is 236 cm³/mol. The number of ether oxygens (including phenoxy) is 4. The van der Waals surface area contributed by atoms with Crippen LogP contribution in [0.2, 0.25) is 0 Å². The van der Waals surface area contributed by atoms with Gasteiger partial charge in [0.2, 0.25) is 0 Å². The number of nitrogens with one attached hydrogen (secondary N) is 2. The van der Waals surface area contributed by atoms with Crippen molar-refractivity contribution < 1.29 is 47.7 Å². The van der Waals surface area contributed by atoms with E-state index in [1.807, 2.05) is 18.2 Å². The molecule has 0 saturated carbocycles. The molecule has 0 unspecified atom stereocenters. The third kappa shape index (κ3) is 8.51. The highest BCUT2D eigenvalue weighted by Gasteiger charge is 2.30. The lowest BCUT2D eigenvalue weighted by Gasteiger charge is -2.20. The Bertz CT molecular complexity index is 3120. The van der Waals surface area contributed by atoms with Gasteiger partial charge in [-0.1, -0.05) is 0 Å². The minimum Gasteiger partial charge on any atom is -0.465 e. The van der Waals surface area contributed by atoms with Gasteiger partial charge in [0.1, 0.15) is 32.3 Å². The molecular formula is C44H42N6O10S2. The summed E-state index contributed by atoms with van der Waals surface area (Å²) in [5.41, 5.74) is 4.23. The molecule has 0 aliphatic carbocycles. The average Bonchev–Trinajstić information content (AvgIpc) is 4.04. The van der Waals surface area contributed by atoms with Crippen molar-refractivity contribution >= 4 is 101 Å². The molecule has 0 bridgehead atoms. The molecule has 0 amide bonds. The van der Waals surface area contributed by atoms with Crippen LogP contribution in [0.15, 0.2) is 60.7 Å². The van der Waals surface area contributed by atoms with Gasteiger partial charge in [-0.2, -0.15) is 14.9 Å². The van der Waals surface area contributed by atoms with Crippen molar-refractivity contribution in [2.75, 3.05) is 14.2 Å². The molecule has 6 aromatic heterocycles. The van der Waals surface area contributed by atoms with E-state index in [0.29, 0.717) is 42.8 Å². The number of H-pyrrole nitrogens is 2. The minimum atomic E-state index is -0.800. The van der Waals surface area contributed by atoms with Gasteiger partial charge in [0.05, 0.1) is 51.6 Å². The maximum Gasteiger partial charge on any atom is 0.435 e. The Morgan fingerprint density at radius 3 is 1.82 bits per heavy atom. The smallest absolute Gasteiger partial charge is 0.435 e. The summed E-state index contributed by atoms with van der Waals surface area (Å²) in [6.07, 6.45) is -1.41. The number of fused-ring (bicyclic) bond motifs is 4. The molecule has 0 spiro atoms. The number of rotatable bonds is 6. The fourth-order valence-corrected chi connectivity index (χ4v) is 8.59. The monoisotopic (exact) mass is 878 g/mol. The Hall–Kier alpha value is -6.92. The molecule has 0 aliphatic heterocycles. The summed E-state index contributed by atoms with van der Waals surface area (Å²) in [5, 5.41) is 13.3. The Morgan fingerprint density at radius 1 is 0.629 bits per heavy atom. The summed E-state index contributed by atoms with van der Waals surface area (Å²) < 4.78 is 24.6. The first-order chi connectivity index (χ1) is 29.2. The van der Waals surface area contributed by atoms with Crippen molar-refractivity contribution in [1.82, 2.24) is 29.5 Å². The van der Waals surface area contributed by atoms with Crippen molar-refractivity contribution in [1.29, 1.82) is 0 Å². The number of nitrogens with zero attached hydrogens (tertiary/aromatic N) is 4. The van der Waals surface area contributed by atoms with Crippen molar-refractivity contribution in [3.8, 4) is 22.8 Å². The molecule has 2 aromatic carbocycles. The number of esters is 2. The number of aromatic amines is 2. The summed E-state index contributed by atoms with van der Waals surface area (Å²) in [4.78, 5) is 78.2. The summed E-state index contributed by atoms with van der Waals surface area (Å²) in [5.74, 6) is -1.04. The highest BCUT2D eigenvalue weighted by molar-refractivity contribution is 7.21. The van der Waals surface area contributed by atoms with Gasteiger partial charge in [0, 0.05) is 27.4 Å². The molecule has 0 saturated heterocycles. The first-order valence-electron chi connectivity index (χ1n) is 19.1. The van der Waals surface area contributed by atoms with Gasteiger partial charge in [0.15, 0.2) is 11.6 Å². The third-order valence-corrected chi connectivity index (χ3v) is 11.5. The van der Waals surface area contributed by atoms with Crippen LogP contribution in [0.4, 0.5) is 9.59 Å². The zero-order valence-electron chi connectivity index (χ0n) is 35.5. The van der Waals surface area contributed by atoms with E-state index in [4.69, 9.17) is 18.9 Å². The van der Waals surface area contributed by atoms with Gasteiger partial charge in [-0.3, -0.25) is 14.7 Å². The Morgan fingerprint density at radius 2 is 1.21 bits per heavy atom. The number of aromatic nitrogens is 6. The lowest BCUT2D eigenvalue weighted by Crippen LogP contribution is -2.28. The molecule has 18 heteroatoms. The second-order valence-corrected chi connectivity index (χ2v) is 18.3. The quantitative estimate of drug-likeness (QED) is 0.0909. The van der Waals surface area contributed by atoms with Gasteiger partial charge < -0.3 is 23.9 Å². The van der Waals surface area contributed by atoms with Crippen LogP contribution in [0.25, 0.3) is 65.0 Å². The fraction of sp³-hybridized carbons (Fsp3) is 0.273. The predicted octanol–water partition coefficient (Wildman–Crippen LogP) is 10.0. The molecule has 0 fully saturated rings. The summed E-state index contributed by atoms with van der Waals surface area (Å²) in [6.45, 7) is 13.4. The van der Waals surface area contributed by atoms with Crippen molar-refractivity contribution in [3.63, 3.8) is 0 Å². The first-order valence-corrected chi connectivity index (χ1v) is 20.7. The van der Waals surface area contributed by atoms with E-state index in [-0.39, 0.29) is 28.1 Å². The van der Waals surface area contributed by atoms with Gasteiger partial charge in [0.25, 0.3) is 0 Å². The number of ketones is 2. The standard InChI is InChI=1S/C27H29N3O7S.C17H13N3O3S/c1-14(31)15-9-10-17-16(11-15)12-18(29(17)24(33)36-26(2,3)4)21-22-19(13-20(38-22)23(32)35-8)30(28-21)25(34)37-27(5,6)7;1-8(21)9-3-4-11-10(5-9)6-12(18-11)15-16-13(19-20-15)7-14(24-16)17(22)23-2/h9-13H,1-8H3;3-7,18H,1-2H3,(H,19,20). The zero-order valence-corrected chi connectivity index (χ0v) is 37.1. The Labute approximate surface area is 361 Å². The van der Waals surface area contributed by atoms with E-state index < -0.39 is 29.4 Å². The number of Topliss-reactive ketones (excluding diaryl/α,β-unsaturated/α-hetero) is 2. The number of hydrogen-bond donors (Lipinski definition) is 2. The molecule has 2 N–H and O–H groups in total. The first kappa shape index (κ1) is 43.2. The van der Waals surface area contributed by atoms with Gasteiger partial charge >= 0.3 is 24.1 Å². The molecule has 6 heterocycles. The summed E-state index contributed by atoms with van der Waals surface area (Å²) in [7, 11) is 2.63. The number of carbonyl (C=O) groups is 6. The van der Waals surface area contributed by atoms with Gasteiger partial charge in [-0.25, -0.2) is 23.7 Å². The van der Waals surface area contributed by atoms with Gasteiger partial charge in [-0.05, 0) is 116 Å². The van der Waals surface area contributed by atoms with Crippen LogP contribution in [0.3, 0.4) is 0 Å². The summed E-state index contributed by atoms with van der Waals surface area (Å²) in [6, 6.07) is 17.4. The Kier molecular flexibility index (Phi) is 11.3. The third-order valence-electron chi connectivity index (χ3n) is 9.24. The van der Waals surface area contributed by atoms with Crippen LogP contribution in [0.5, 0.6) is 0 Å². The number of hydrogen-bond acceptors (Lipinski definition) is 14. The van der Waals surface area contributed by atoms with E-state index in [1.54, 1.807) is 84.9 Å². The minimum absolute atomic E-state index is 0.0304. The van der Waals surface area contributed by atoms with Crippen molar-refractivity contribution in [2.24, 2.45) is 0 Å². The van der Waals surface area contributed by atoms with Crippen LogP contribution in [0.1, 0.15) is 95.4 Å². The van der Waals surface area contributed by atoms with Crippen LogP contribution in [-0.2, 0) is 18.9 Å². The molecular weight excluding hydrogens is 837 g/mol. The van der Waals surface area contributed by atoms with E-state index >= 15 is 0 Å². The second-order valence-electron chi connectivity index (χ2n) is 16.2. The molecule has 0 atom stereocenters. The largest absolute Gasteiger partial charge is 0.465 e. The highest BCUT2D eigenvalue weighted by atomic mass is 32.1. The highest BCUT2D eigenvalue weighted by Crippen LogP contribution is 2.39. The zero-order chi connectivity index (χ0) is 45.0. The lowest BCUT2D eigenvalue weighted by molar-refractivity contribution is 0.0519. The van der Waals surface area contributed by atoms with Crippen molar-refractivity contribution in [2.45, 2.75) is 66.6 Å². The molecule has 0 aliphatic rings. The normalized spacial score (nSPS) is 11.8. The lowest BCUT2D eigenvalue weighted by atomic mass is 10.1. The molecule has 8 rings (SSSR count). The number of thiophene rings is 2. The molecule has 16 nitrogen and oxygen atoms in total. The van der Waals surface area contributed by atoms with Crippen LogP contribution >= 0.6 is 22.7 Å². The van der Waals surface area contributed by atoms with E-state index in [9.17, 15) is 28.8 Å². The Balaban J connectivity index is 0.000000206. The SMILES string of the molecule is COC(=O)c1cc2[nH]nc(-c3cc4cc(C(C)=O)ccc4[nH]3)c2s1.COC(=O)c1cc2c(s1)c(-c1cc3cc(C(C)=O)ccc3n1C(=O)OC(C)(C)C)nn2C(=O)OC(C)(C)C. The average molecular weight is 879 g/mol. The number of carbonyl (C=O) groups excluding carboxylic acids is 6. The topological polar surface area (TPSA) is 207 Å².